The molecule has 11 heavy (non-hydrogen) atoms. The molecule has 1 fully saturated rings. The summed E-state index contributed by atoms with van der Waals surface area (Å²) in [4.78, 5) is 0. The monoisotopic (exact) mass is 160 g/mol. The number of ether oxygens (including phenoxy) is 2. The first-order chi connectivity index (χ1) is 5.22. The second-order valence-corrected chi connectivity index (χ2v) is 3.06. The molecule has 3 nitrogen and oxygen atoms in total. The molecule has 0 spiro atoms. The van der Waals surface area contributed by atoms with Crippen LogP contribution in [0.5, 0.6) is 0 Å². The van der Waals surface area contributed by atoms with E-state index in [1.165, 1.54) is 0 Å². The third-order valence-corrected chi connectivity index (χ3v) is 1.87. The van der Waals surface area contributed by atoms with E-state index in [2.05, 4.69) is 0 Å². The average Bonchev–Trinajstić information content (AvgIpc) is 2.34. The Bertz CT molecular complexity index is 123. The highest BCUT2D eigenvalue weighted by atomic mass is 16.8. The number of aliphatic hydroxyl groups excluding tert-OH is 1. The molecule has 0 aromatic carbocycles. The van der Waals surface area contributed by atoms with Crippen molar-refractivity contribution >= 4 is 0 Å². The van der Waals surface area contributed by atoms with Crippen LogP contribution in [0.15, 0.2) is 0 Å². The van der Waals surface area contributed by atoms with E-state index in [0.29, 0.717) is 6.61 Å². The number of aliphatic hydroxyl groups is 1. The molecule has 2 unspecified atom stereocenters. The van der Waals surface area contributed by atoms with Gasteiger partial charge in [-0.15, -0.1) is 0 Å². The third-order valence-electron chi connectivity index (χ3n) is 1.87. The lowest BCUT2D eigenvalue weighted by Crippen LogP contribution is -2.34. The molecule has 3 heteroatoms. The van der Waals surface area contributed by atoms with Crippen molar-refractivity contribution in [3.63, 3.8) is 0 Å². The van der Waals surface area contributed by atoms with Crippen LogP contribution in [0.25, 0.3) is 0 Å². The number of hydrogen-bond donors (Lipinski definition) is 1. The van der Waals surface area contributed by atoms with Crippen molar-refractivity contribution in [2.45, 2.75) is 38.6 Å². The smallest absolute Gasteiger partial charge is 0.191 e. The van der Waals surface area contributed by atoms with Crippen molar-refractivity contribution in [2.24, 2.45) is 0 Å². The second-order valence-electron chi connectivity index (χ2n) is 3.06. The van der Waals surface area contributed by atoms with Crippen molar-refractivity contribution in [1.82, 2.24) is 0 Å². The Morgan fingerprint density at radius 1 is 1.64 bits per heavy atom. The Kier molecular flexibility index (Phi) is 2.87. The third kappa shape index (κ3) is 1.92. The second kappa shape index (κ2) is 3.52. The first-order valence-electron chi connectivity index (χ1n) is 4.15. The summed E-state index contributed by atoms with van der Waals surface area (Å²) in [5, 5.41) is 9.02. The minimum atomic E-state index is -0.686. The van der Waals surface area contributed by atoms with Crippen LogP contribution in [-0.2, 0) is 9.47 Å². The molecule has 0 aromatic rings. The maximum atomic E-state index is 9.02. The fourth-order valence-corrected chi connectivity index (χ4v) is 1.38. The molecule has 0 aromatic heterocycles. The van der Waals surface area contributed by atoms with Crippen LogP contribution < -0.4 is 0 Å². The van der Waals surface area contributed by atoms with Crippen molar-refractivity contribution in [1.29, 1.82) is 0 Å². The van der Waals surface area contributed by atoms with Gasteiger partial charge in [0, 0.05) is 6.42 Å². The summed E-state index contributed by atoms with van der Waals surface area (Å²) in [6, 6.07) is 0. The van der Waals surface area contributed by atoms with E-state index in [1.807, 2.05) is 13.8 Å². The summed E-state index contributed by atoms with van der Waals surface area (Å²) in [5.74, 6) is -0.686. The van der Waals surface area contributed by atoms with E-state index < -0.39 is 5.79 Å². The SMILES string of the molecule is CCCC1(CO)OCC(C)O1. The van der Waals surface area contributed by atoms with E-state index in [9.17, 15) is 0 Å². The molecule has 1 saturated heterocycles. The topological polar surface area (TPSA) is 38.7 Å². The minimum absolute atomic E-state index is 0.0365. The van der Waals surface area contributed by atoms with Crippen LogP contribution in [0, 0.1) is 0 Å². The van der Waals surface area contributed by atoms with Gasteiger partial charge in [-0.2, -0.15) is 0 Å². The first-order valence-corrected chi connectivity index (χ1v) is 4.15. The summed E-state index contributed by atoms with van der Waals surface area (Å²) in [5.41, 5.74) is 0. The number of rotatable bonds is 3. The van der Waals surface area contributed by atoms with E-state index in [4.69, 9.17) is 14.6 Å². The maximum absolute atomic E-state index is 9.02. The zero-order valence-electron chi connectivity index (χ0n) is 7.17. The molecule has 1 heterocycles. The lowest BCUT2D eigenvalue weighted by atomic mass is 10.1. The van der Waals surface area contributed by atoms with Gasteiger partial charge < -0.3 is 14.6 Å². The van der Waals surface area contributed by atoms with Crippen LogP contribution in [0.2, 0.25) is 0 Å². The van der Waals surface area contributed by atoms with Crippen LogP contribution in [0.1, 0.15) is 26.7 Å². The highest BCUT2D eigenvalue weighted by molar-refractivity contribution is 4.75. The Morgan fingerprint density at radius 3 is 2.73 bits per heavy atom. The van der Waals surface area contributed by atoms with Crippen molar-refractivity contribution in [3.05, 3.63) is 0 Å². The van der Waals surface area contributed by atoms with Crippen molar-refractivity contribution in [2.75, 3.05) is 13.2 Å². The van der Waals surface area contributed by atoms with E-state index in [1.54, 1.807) is 0 Å². The normalized spacial score (nSPS) is 37.9. The standard InChI is InChI=1S/C8H16O3/c1-3-4-8(6-9)10-5-7(2)11-8/h7,9H,3-6H2,1-2H3. The Hall–Kier alpha value is -0.120. The van der Waals surface area contributed by atoms with Gasteiger partial charge in [-0.3, -0.25) is 0 Å². The van der Waals surface area contributed by atoms with Gasteiger partial charge in [-0.1, -0.05) is 13.3 Å². The van der Waals surface area contributed by atoms with Gasteiger partial charge >= 0.3 is 0 Å². The van der Waals surface area contributed by atoms with Gasteiger partial charge in [0.2, 0.25) is 0 Å². The molecule has 1 N–H and O–H groups in total. The first kappa shape index (κ1) is 8.97. The quantitative estimate of drug-likeness (QED) is 0.667. The van der Waals surface area contributed by atoms with Gasteiger partial charge in [-0.25, -0.2) is 0 Å². The average molecular weight is 160 g/mol. The molecule has 0 radical (unpaired) electrons. The van der Waals surface area contributed by atoms with Crippen LogP contribution in [-0.4, -0.2) is 30.2 Å². The van der Waals surface area contributed by atoms with Gasteiger partial charge in [-0.05, 0) is 6.92 Å². The highest BCUT2D eigenvalue weighted by Gasteiger charge is 2.38. The van der Waals surface area contributed by atoms with Crippen LogP contribution in [0.3, 0.4) is 0 Å². The predicted octanol–water partition coefficient (Wildman–Crippen LogP) is 0.910. The molecule has 1 aliphatic heterocycles. The van der Waals surface area contributed by atoms with E-state index in [0.717, 1.165) is 12.8 Å². The number of hydrogen-bond acceptors (Lipinski definition) is 3. The molecular weight excluding hydrogens is 144 g/mol. The largest absolute Gasteiger partial charge is 0.391 e. The predicted molar refractivity (Wildman–Crippen MR) is 41.2 cm³/mol. The van der Waals surface area contributed by atoms with E-state index in [-0.39, 0.29) is 12.7 Å². The zero-order chi connectivity index (χ0) is 8.32. The fourth-order valence-electron chi connectivity index (χ4n) is 1.38. The van der Waals surface area contributed by atoms with Gasteiger partial charge in [0.1, 0.15) is 0 Å². The van der Waals surface area contributed by atoms with Gasteiger partial charge in [0.15, 0.2) is 5.79 Å². The van der Waals surface area contributed by atoms with Gasteiger partial charge in [0.05, 0.1) is 19.3 Å². The lowest BCUT2D eigenvalue weighted by Gasteiger charge is -2.24. The summed E-state index contributed by atoms with van der Waals surface area (Å²) in [6.45, 7) is 4.56. The summed E-state index contributed by atoms with van der Waals surface area (Å²) >= 11 is 0. The Labute approximate surface area is 67.3 Å². The molecule has 0 saturated carbocycles. The summed E-state index contributed by atoms with van der Waals surface area (Å²) < 4.78 is 10.8. The van der Waals surface area contributed by atoms with Crippen LogP contribution in [0.4, 0.5) is 0 Å². The molecule has 0 bridgehead atoms. The molecule has 1 rings (SSSR count). The van der Waals surface area contributed by atoms with Crippen molar-refractivity contribution < 1.29 is 14.6 Å². The minimum Gasteiger partial charge on any atom is -0.391 e. The fraction of sp³-hybridized carbons (Fsp3) is 1.00. The molecule has 1 aliphatic rings. The summed E-state index contributed by atoms with van der Waals surface area (Å²) in [6.07, 6.45) is 1.86. The zero-order valence-corrected chi connectivity index (χ0v) is 7.17. The Balaban J connectivity index is 2.48. The van der Waals surface area contributed by atoms with E-state index >= 15 is 0 Å². The maximum Gasteiger partial charge on any atom is 0.191 e. The highest BCUT2D eigenvalue weighted by Crippen LogP contribution is 2.27. The van der Waals surface area contributed by atoms with Gasteiger partial charge in [0.25, 0.3) is 0 Å². The lowest BCUT2D eigenvalue weighted by molar-refractivity contribution is -0.194. The molecule has 0 aliphatic carbocycles. The molecule has 2 atom stereocenters. The Morgan fingerprint density at radius 2 is 2.36 bits per heavy atom. The molecular formula is C8H16O3. The molecule has 66 valence electrons. The van der Waals surface area contributed by atoms with Crippen molar-refractivity contribution in [3.8, 4) is 0 Å². The summed E-state index contributed by atoms with van der Waals surface area (Å²) in [7, 11) is 0. The molecule has 0 amide bonds. The van der Waals surface area contributed by atoms with Crippen LogP contribution >= 0.6 is 0 Å².